The Bertz CT molecular complexity index is 286. The van der Waals surface area contributed by atoms with Gasteiger partial charge in [-0.1, -0.05) is 30.6 Å². The van der Waals surface area contributed by atoms with Crippen LogP contribution in [0.2, 0.25) is 0 Å². The van der Waals surface area contributed by atoms with Crippen LogP contribution in [0.4, 0.5) is 0 Å². The summed E-state index contributed by atoms with van der Waals surface area (Å²) in [6.45, 7) is 0. The van der Waals surface area contributed by atoms with Crippen LogP contribution in [0.5, 0.6) is 5.75 Å². The number of pyridine rings is 1. The molecule has 1 aromatic carbocycles. The van der Waals surface area contributed by atoms with E-state index in [2.05, 4.69) is 11.2 Å². The number of aromatic hydroxyl groups is 1. The Kier molecular flexibility index (Phi) is 7.67. The van der Waals surface area contributed by atoms with Crippen molar-refractivity contribution in [1.29, 1.82) is 0 Å². The van der Waals surface area contributed by atoms with Crippen LogP contribution in [0.15, 0.2) is 54.7 Å². The van der Waals surface area contributed by atoms with E-state index in [4.69, 9.17) is 5.11 Å². The molecule has 0 unspecified atom stereocenters. The Hall–Kier alpha value is -1.21. The number of phenols is 1. The van der Waals surface area contributed by atoms with Crippen molar-refractivity contribution in [2.24, 2.45) is 0 Å². The Morgan fingerprint density at radius 3 is 1.93 bits per heavy atom. The molecule has 2 rings (SSSR count). The van der Waals surface area contributed by atoms with Crippen molar-refractivity contribution in [3.8, 4) is 5.75 Å². The minimum atomic E-state index is 0. The van der Waals surface area contributed by atoms with E-state index in [1.807, 2.05) is 18.2 Å². The van der Waals surface area contributed by atoms with Crippen molar-refractivity contribution in [3.05, 3.63) is 60.9 Å². The molecular weight excluding hydrogens is 228 g/mol. The predicted molar refractivity (Wildman–Crippen MR) is 51.2 cm³/mol. The summed E-state index contributed by atoms with van der Waals surface area (Å²) in [4.78, 5) is 3.66. The summed E-state index contributed by atoms with van der Waals surface area (Å²) in [5, 5.41) is 8.63. The van der Waals surface area contributed by atoms with Gasteiger partial charge in [0, 0.05) is 19.5 Å². The number of para-hydroxylation sites is 1. The van der Waals surface area contributed by atoms with Crippen LogP contribution >= 0.6 is 0 Å². The minimum absolute atomic E-state index is 0. The summed E-state index contributed by atoms with van der Waals surface area (Å²) < 4.78 is 0. The number of benzene rings is 1. The molecule has 2 nitrogen and oxygen atoms in total. The van der Waals surface area contributed by atoms with E-state index in [0.29, 0.717) is 5.75 Å². The molecule has 2 aromatic rings. The van der Waals surface area contributed by atoms with Crippen LogP contribution in [-0.2, 0) is 19.5 Å². The van der Waals surface area contributed by atoms with Crippen LogP contribution in [0.1, 0.15) is 0 Å². The van der Waals surface area contributed by atoms with Crippen LogP contribution < -0.4 is 0 Å². The molecule has 1 aromatic heterocycles. The van der Waals surface area contributed by atoms with Crippen molar-refractivity contribution in [1.82, 2.24) is 4.98 Å². The van der Waals surface area contributed by atoms with E-state index in [9.17, 15) is 0 Å². The van der Waals surface area contributed by atoms with E-state index in [-0.39, 0.29) is 19.5 Å². The SMILES string of the molecule is Oc1ccccc1.[Zn].[c-]1ccccn1. The normalized spacial score (nSPS) is 7.71. The van der Waals surface area contributed by atoms with Gasteiger partial charge in [0.1, 0.15) is 5.75 Å². The van der Waals surface area contributed by atoms with Gasteiger partial charge in [-0.3, -0.25) is 0 Å². The van der Waals surface area contributed by atoms with Crippen LogP contribution in [-0.4, -0.2) is 10.1 Å². The van der Waals surface area contributed by atoms with E-state index in [1.165, 1.54) is 0 Å². The van der Waals surface area contributed by atoms with Gasteiger partial charge in [-0.05, 0) is 12.1 Å². The second-order valence-corrected chi connectivity index (χ2v) is 2.29. The third kappa shape index (κ3) is 6.32. The van der Waals surface area contributed by atoms with Gasteiger partial charge in [-0.2, -0.15) is 18.2 Å². The van der Waals surface area contributed by atoms with Crippen molar-refractivity contribution in [3.63, 3.8) is 0 Å². The first-order valence-corrected chi connectivity index (χ1v) is 3.90. The molecule has 0 fully saturated rings. The molecule has 0 radical (unpaired) electrons. The van der Waals surface area contributed by atoms with E-state index in [0.717, 1.165) is 0 Å². The molecule has 1 heterocycles. The maximum atomic E-state index is 8.63. The topological polar surface area (TPSA) is 33.1 Å². The molecule has 3 heteroatoms. The fourth-order valence-electron chi connectivity index (χ4n) is 0.705. The molecule has 0 amide bonds. The monoisotopic (exact) mass is 236 g/mol. The zero-order valence-electron chi connectivity index (χ0n) is 7.80. The number of hydrogen-bond donors (Lipinski definition) is 1. The molecule has 0 aliphatic carbocycles. The number of rotatable bonds is 0. The maximum absolute atomic E-state index is 8.63. The van der Waals surface area contributed by atoms with E-state index < -0.39 is 0 Å². The average Bonchev–Trinajstić information content (AvgIpc) is 2.22. The first-order chi connectivity index (χ1) is 6.39. The second kappa shape index (κ2) is 8.39. The number of aromatic nitrogens is 1. The fourth-order valence-corrected chi connectivity index (χ4v) is 0.705. The molecule has 0 aliphatic heterocycles. The molecule has 0 spiro atoms. The summed E-state index contributed by atoms with van der Waals surface area (Å²) >= 11 is 0. The van der Waals surface area contributed by atoms with Crippen LogP contribution in [0.3, 0.4) is 0 Å². The Morgan fingerprint density at radius 1 is 1.00 bits per heavy atom. The first kappa shape index (κ1) is 12.8. The zero-order valence-corrected chi connectivity index (χ0v) is 10.8. The van der Waals surface area contributed by atoms with Crippen molar-refractivity contribution in [2.75, 3.05) is 0 Å². The summed E-state index contributed by atoms with van der Waals surface area (Å²) in [5.41, 5.74) is 0. The van der Waals surface area contributed by atoms with Gasteiger partial charge in [-0.15, -0.1) is 0 Å². The number of nitrogens with zero attached hydrogens (tertiary/aromatic N) is 1. The second-order valence-electron chi connectivity index (χ2n) is 2.29. The maximum Gasteiger partial charge on any atom is 0.115 e. The average molecular weight is 238 g/mol. The molecule has 0 saturated heterocycles. The third-order valence-electron chi connectivity index (χ3n) is 1.27. The third-order valence-corrected chi connectivity index (χ3v) is 1.27. The van der Waals surface area contributed by atoms with Crippen LogP contribution in [0.25, 0.3) is 0 Å². The largest absolute Gasteiger partial charge is 0.508 e. The van der Waals surface area contributed by atoms with Gasteiger partial charge in [0.2, 0.25) is 0 Å². The quantitative estimate of drug-likeness (QED) is 0.563. The van der Waals surface area contributed by atoms with Gasteiger partial charge >= 0.3 is 0 Å². The fraction of sp³-hybridized carbons (Fsp3) is 0. The molecule has 68 valence electrons. The molecule has 0 saturated carbocycles. The molecule has 0 bridgehead atoms. The molecule has 0 atom stereocenters. The summed E-state index contributed by atoms with van der Waals surface area (Å²) in [7, 11) is 0. The van der Waals surface area contributed by atoms with E-state index in [1.54, 1.807) is 36.5 Å². The molecule has 14 heavy (non-hydrogen) atoms. The van der Waals surface area contributed by atoms with E-state index >= 15 is 0 Å². The number of phenolic OH excluding ortho intramolecular Hbond substituents is 1. The van der Waals surface area contributed by atoms with Crippen molar-refractivity contribution >= 4 is 0 Å². The van der Waals surface area contributed by atoms with Crippen LogP contribution in [0, 0.1) is 6.20 Å². The zero-order chi connectivity index (χ0) is 9.36. The van der Waals surface area contributed by atoms with Crippen molar-refractivity contribution < 1.29 is 24.6 Å². The predicted octanol–water partition coefficient (Wildman–Crippen LogP) is 2.27. The summed E-state index contributed by atoms with van der Waals surface area (Å²) in [6.07, 6.45) is 4.34. The van der Waals surface area contributed by atoms with Crippen molar-refractivity contribution in [2.45, 2.75) is 0 Å². The molecule has 1 N–H and O–H groups in total. The summed E-state index contributed by atoms with van der Waals surface area (Å²) in [6, 6.07) is 14.2. The minimum Gasteiger partial charge on any atom is -0.508 e. The Labute approximate surface area is 96.4 Å². The smallest absolute Gasteiger partial charge is 0.115 e. The standard InChI is InChI=1S/C6H6O.C5H4N.Zn/c7-6-4-2-1-3-5-6;1-2-4-6-5-3-1;/h1-5,7H;1-4H;/q;-1;. The van der Waals surface area contributed by atoms with Gasteiger partial charge in [-0.25, -0.2) is 0 Å². The van der Waals surface area contributed by atoms with Gasteiger partial charge in [0.15, 0.2) is 0 Å². The first-order valence-electron chi connectivity index (χ1n) is 3.90. The van der Waals surface area contributed by atoms with Gasteiger partial charge < -0.3 is 10.1 Å². The number of hydrogen-bond acceptors (Lipinski definition) is 2. The van der Waals surface area contributed by atoms with Gasteiger partial charge in [0.05, 0.1) is 0 Å². The molecule has 0 aliphatic rings. The van der Waals surface area contributed by atoms with Gasteiger partial charge in [0.25, 0.3) is 0 Å². The Morgan fingerprint density at radius 2 is 1.71 bits per heavy atom. The molecular formula is C11H10NOZn-. The summed E-state index contributed by atoms with van der Waals surface area (Å²) in [5.74, 6) is 0.322. The Balaban J connectivity index is 0.000000227.